The number of ether oxygens (including phenoxy) is 3. The summed E-state index contributed by atoms with van der Waals surface area (Å²) in [6.07, 6.45) is 0. The SMILES string of the molecule is COC(=O)COc1c(F)cc(SCCNS(=O)(=O)c2ccc(OC)cc2)cc1F. The van der Waals surface area contributed by atoms with Gasteiger partial charge in [-0.1, -0.05) is 0 Å². The number of carbonyl (C=O) groups excluding carboxylic acids is 1. The van der Waals surface area contributed by atoms with E-state index in [4.69, 9.17) is 9.47 Å². The Morgan fingerprint density at radius 2 is 1.72 bits per heavy atom. The molecule has 0 aliphatic carbocycles. The van der Waals surface area contributed by atoms with E-state index in [0.29, 0.717) is 5.75 Å². The van der Waals surface area contributed by atoms with Crippen molar-refractivity contribution in [2.45, 2.75) is 9.79 Å². The number of hydrogen-bond acceptors (Lipinski definition) is 7. The average Bonchev–Trinajstić information content (AvgIpc) is 2.70. The van der Waals surface area contributed by atoms with Crippen LogP contribution in [0, 0.1) is 11.6 Å². The number of sulfonamides is 1. The maximum absolute atomic E-state index is 14.0. The van der Waals surface area contributed by atoms with E-state index in [2.05, 4.69) is 9.46 Å². The highest BCUT2D eigenvalue weighted by Crippen LogP contribution is 2.28. The standard InChI is InChI=1S/C18H19F2NO6S2/c1-25-12-3-5-14(6-4-12)29(23,24)21-7-8-28-13-9-15(19)18(16(20)10-13)27-11-17(22)26-2/h3-6,9-10,21H,7-8,11H2,1-2H3. The molecule has 0 heterocycles. The minimum atomic E-state index is -3.71. The summed E-state index contributed by atoms with van der Waals surface area (Å²) in [5.74, 6) is -2.64. The lowest BCUT2D eigenvalue weighted by molar-refractivity contribution is -0.143. The fourth-order valence-corrected chi connectivity index (χ4v) is 4.11. The Kier molecular flexibility index (Phi) is 8.23. The first kappa shape index (κ1) is 22.9. The van der Waals surface area contributed by atoms with Gasteiger partial charge in [-0.3, -0.25) is 0 Å². The Bertz CT molecular complexity index is 928. The first-order chi connectivity index (χ1) is 13.8. The van der Waals surface area contributed by atoms with Crippen molar-refractivity contribution in [2.24, 2.45) is 0 Å². The molecule has 0 saturated heterocycles. The molecule has 2 aromatic carbocycles. The Hall–Kier alpha value is -2.37. The highest BCUT2D eigenvalue weighted by molar-refractivity contribution is 7.99. The van der Waals surface area contributed by atoms with Crippen molar-refractivity contribution in [1.82, 2.24) is 4.72 Å². The number of methoxy groups -OCH3 is 2. The maximum atomic E-state index is 14.0. The van der Waals surface area contributed by atoms with Gasteiger partial charge >= 0.3 is 5.97 Å². The Morgan fingerprint density at radius 1 is 1.10 bits per heavy atom. The van der Waals surface area contributed by atoms with Crippen molar-refractivity contribution >= 4 is 27.8 Å². The van der Waals surface area contributed by atoms with Gasteiger partial charge in [-0.2, -0.15) is 0 Å². The zero-order chi connectivity index (χ0) is 21.4. The second kappa shape index (κ2) is 10.4. The molecule has 0 aromatic heterocycles. The number of thioether (sulfide) groups is 1. The highest BCUT2D eigenvalue weighted by atomic mass is 32.2. The molecule has 2 rings (SSSR count). The first-order valence-electron chi connectivity index (χ1n) is 8.22. The van der Waals surface area contributed by atoms with Crippen LogP contribution in [0.5, 0.6) is 11.5 Å². The minimum Gasteiger partial charge on any atom is -0.497 e. The Balaban J connectivity index is 1.90. The fourth-order valence-electron chi connectivity index (χ4n) is 2.13. The molecule has 0 atom stereocenters. The zero-order valence-corrected chi connectivity index (χ0v) is 17.2. The summed E-state index contributed by atoms with van der Waals surface area (Å²) in [6, 6.07) is 7.95. The van der Waals surface area contributed by atoms with E-state index in [1.54, 1.807) is 0 Å². The second-order valence-electron chi connectivity index (χ2n) is 5.50. The van der Waals surface area contributed by atoms with E-state index in [-0.39, 0.29) is 22.1 Å². The van der Waals surface area contributed by atoms with Gasteiger partial charge in [0, 0.05) is 17.2 Å². The number of hydrogen-bond donors (Lipinski definition) is 1. The van der Waals surface area contributed by atoms with Crippen LogP contribution in [-0.2, 0) is 19.6 Å². The van der Waals surface area contributed by atoms with Gasteiger partial charge in [0.15, 0.2) is 24.0 Å². The Morgan fingerprint density at radius 3 is 2.28 bits per heavy atom. The smallest absolute Gasteiger partial charge is 0.343 e. The summed E-state index contributed by atoms with van der Waals surface area (Å²) in [5, 5.41) is 0. The summed E-state index contributed by atoms with van der Waals surface area (Å²) in [5.41, 5.74) is 0. The molecule has 0 amide bonds. The predicted molar refractivity (Wildman–Crippen MR) is 103 cm³/mol. The summed E-state index contributed by atoms with van der Waals surface area (Å²) in [6.45, 7) is -0.577. The molecule has 0 aliphatic heterocycles. The van der Waals surface area contributed by atoms with Gasteiger partial charge in [-0.25, -0.2) is 26.7 Å². The van der Waals surface area contributed by atoms with E-state index in [0.717, 1.165) is 31.0 Å². The molecule has 0 saturated carbocycles. The number of rotatable bonds is 10. The number of carbonyl (C=O) groups is 1. The third-order valence-electron chi connectivity index (χ3n) is 3.57. The van der Waals surface area contributed by atoms with Crippen molar-refractivity contribution < 1.29 is 36.2 Å². The van der Waals surface area contributed by atoms with E-state index >= 15 is 0 Å². The molecule has 1 N–H and O–H groups in total. The van der Waals surface area contributed by atoms with Crippen LogP contribution < -0.4 is 14.2 Å². The molecule has 2 aromatic rings. The maximum Gasteiger partial charge on any atom is 0.343 e. The largest absolute Gasteiger partial charge is 0.497 e. The number of esters is 1. The van der Waals surface area contributed by atoms with Crippen LogP contribution in [0.2, 0.25) is 0 Å². The molecule has 11 heteroatoms. The van der Waals surface area contributed by atoms with Crippen LogP contribution in [0.3, 0.4) is 0 Å². The van der Waals surface area contributed by atoms with Gasteiger partial charge in [0.05, 0.1) is 19.1 Å². The molecule has 0 spiro atoms. The van der Waals surface area contributed by atoms with E-state index in [1.165, 1.54) is 31.4 Å². The van der Waals surface area contributed by atoms with Crippen molar-refractivity contribution in [1.29, 1.82) is 0 Å². The molecule has 7 nitrogen and oxygen atoms in total. The van der Waals surface area contributed by atoms with Gasteiger partial charge in [0.1, 0.15) is 5.75 Å². The lowest BCUT2D eigenvalue weighted by Gasteiger charge is -2.10. The van der Waals surface area contributed by atoms with Crippen LogP contribution in [0.4, 0.5) is 8.78 Å². The van der Waals surface area contributed by atoms with E-state index in [1.807, 2.05) is 0 Å². The molecule has 0 unspecified atom stereocenters. The van der Waals surface area contributed by atoms with Crippen LogP contribution in [0.1, 0.15) is 0 Å². The molecular formula is C18H19F2NO6S2. The van der Waals surface area contributed by atoms with E-state index in [9.17, 15) is 22.0 Å². The van der Waals surface area contributed by atoms with Crippen LogP contribution in [0.15, 0.2) is 46.2 Å². The van der Waals surface area contributed by atoms with Crippen LogP contribution in [0.25, 0.3) is 0 Å². The van der Waals surface area contributed by atoms with Gasteiger partial charge in [0.25, 0.3) is 0 Å². The minimum absolute atomic E-state index is 0.0445. The van der Waals surface area contributed by atoms with Crippen molar-refractivity contribution in [3.8, 4) is 11.5 Å². The van der Waals surface area contributed by atoms with Gasteiger partial charge in [0.2, 0.25) is 10.0 Å². The zero-order valence-electron chi connectivity index (χ0n) is 15.6. The summed E-state index contributed by atoms with van der Waals surface area (Å²) < 4.78 is 68.9. The average molecular weight is 447 g/mol. The second-order valence-corrected chi connectivity index (χ2v) is 8.44. The van der Waals surface area contributed by atoms with Crippen molar-refractivity contribution in [3.63, 3.8) is 0 Å². The van der Waals surface area contributed by atoms with Crippen molar-refractivity contribution in [2.75, 3.05) is 33.1 Å². The quantitative estimate of drug-likeness (QED) is 0.340. The first-order valence-corrected chi connectivity index (χ1v) is 10.7. The molecule has 0 aliphatic rings. The summed E-state index contributed by atoms with van der Waals surface area (Å²) in [7, 11) is -1.11. The number of benzene rings is 2. The third kappa shape index (κ3) is 6.58. The molecule has 0 bridgehead atoms. The lowest BCUT2D eigenvalue weighted by atomic mass is 10.3. The lowest BCUT2D eigenvalue weighted by Crippen LogP contribution is -2.26. The molecular weight excluding hydrogens is 428 g/mol. The molecule has 158 valence electrons. The van der Waals surface area contributed by atoms with Crippen LogP contribution >= 0.6 is 11.8 Å². The fraction of sp³-hybridized carbons (Fsp3) is 0.278. The van der Waals surface area contributed by atoms with Gasteiger partial charge < -0.3 is 14.2 Å². The van der Waals surface area contributed by atoms with Gasteiger partial charge in [-0.05, 0) is 36.4 Å². The number of halogens is 2. The topological polar surface area (TPSA) is 90.9 Å². The molecule has 0 fully saturated rings. The molecule has 0 radical (unpaired) electrons. The summed E-state index contributed by atoms with van der Waals surface area (Å²) >= 11 is 1.05. The predicted octanol–water partition coefficient (Wildman–Crippen LogP) is 2.60. The van der Waals surface area contributed by atoms with Crippen LogP contribution in [-0.4, -0.2) is 47.5 Å². The molecule has 29 heavy (non-hydrogen) atoms. The Labute approximate surface area is 171 Å². The number of nitrogens with one attached hydrogen (secondary N) is 1. The third-order valence-corrected chi connectivity index (χ3v) is 6.02. The summed E-state index contributed by atoms with van der Waals surface area (Å²) in [4.78, 5) is 11.3. The normalized spacial score (nSPS) is 11.2. The highest BCUT2D eigenvalue weighted by Gasteiger charge is 2.16. The van der Waals surface area contributed by atoms with E-state index < -0.39 is 40.0 Å². The monoisotopic (exact) mass is 447 g/mol. The van der Waals surface area contributed by atoms with Crippen molar-refractivity contribution in [3.05, 3.63) is 48.0 Å². The van der Waals surface area contributed by atoms with Gasteiger partial charge in [-0.15, -0.1) is 11.8 Å².